The van der Waals surface area contributed by atoms with Crippen LogP contribution in [0.2, 0.25) is 0 Å². The summed E-state index contributed by atoms with van der Waals surface area (Å²) in [5.41, 5.74) is 9.32. The number of amides is 1. The Balaban J connectivity index is 1.99. The van der Waals surface area contributed by atoms with Gasteiger partial charge in [-0.05, 0) is 36.6 Å². The molecular weight excluding hydrogens is 264 g/mol. The summed E-state index contributed by atoms with van der Waals surface area (Å²) in [6.07, 6.45) is 0.868. The van der Waals surface area contributed by atoms with Gasteiger partial charge in [0.05, 0.1) is 0 Å². The normalized spacial score (nSPS) is 10.2. The molecule has 4 heteroatoms. The van der Waals surface area contributed by atoms with Crippen LogP contribution in [0.1, 0.15) is 18.1 Å². The molecule has 110 valence electrons. The first-order valence-electron chi connectivity index (χ1n) is 6.97. The smallest absolute Gasteiger partial charge is 0.262 e. The van der Waals surface area contributed by atoms with Crippen LogP contribution in [0.3, 0.4) is 0 Å². The standard InChI is InChI=1S/C17H20N2O2/c1-3-13-7-4-6-12(2)17(13)19-16(20)11-21-15-9-5-8-14(18)10-15/h4-10H,3,11,18H2,1-2H3,(H,19,20). The highest BCUT2D eigenvalue weighted by Gasteiger charge is 2.09. The Labute approximate surface area is 124 Å². The minimum atomic E-state index is -0.179. The number of carbonyl (C=O) groups is 1. The molecule has 0 fully saturated rings. The second-order valence-electron chi connectivity index (χ2n) is 4.87. The summed E-state index contributed by atoms with van der Waals surface area (Å²) in [7, 11) is 0. The van der Waals surface area contributed by atoms with Gasteiger partial charge >= 0.3 is 0 Å². The van der Waals surface area contributed by atoms with Crippen molar-refractivity contribution in [3.63, 3.8) is 0 Å². The monoisotopic (exact) mass is 284 g/mol. The van der Waals surface area contributed by atoms with Crippen LogP contribution in [-0.4, -0.2) is 12.5 Å². The molecule has 4 nitrogen and oxygen atoms in total. The van der Waals surface area contributed by atoms with Gasteiger partial charge in [0.25, 0.3) is 5.91 Å². The number of carbonyl (C=O) groups excluding carboxylic acids is 1. The number of anilines is 2. The topological polar surface area (TPSA) is 64.3 Å². The van der Waals surface area contributed by atoms with Crippen molar-refractivity contribution < 1.29 is 9.53 Å². The van der Waals surface area contributed by atoms with Gasteiger partial charge in [-0.2, -0.15) is 0 Å². The van der Waals surface area contributed by atoms with E-state index in [-0.39, 0.29) is 12.5 Å². The Morgan fingerprint density at radius 1 is 1.24 bits per heavy atom. The molecule has 0 saturated carbocycles. The number of nitrogen functional groups attached to an aromatic ring is 1. The van der Waals surface area contributed by atoms with E-state index in [1.54, 1.807) is 24.3 Å². The first kappa shape index (κ1) is 14.9. The largest absolute Gasteiger partial charge is 0.484 e. The molecule has 2 aromatic carbocycles. The molecular formula is C17H20N2O2. The van der Waals surface area contributed by atoms with Crippen molar-refractivity contribution in [1.29, 1.82) is 0 Å². The number of nitrogens with two attached hydrogens (primary N) is 1. The maximum absolute atomic E-state index is 12.0. The molecule has 1 amide bonds. The molecule has 2 rings (SSSR count). The molecule has 0 aliphatic heterocycles. The highest BCUT2D eigenvalue weighted by Crippen LogP contribution is 2.21. The number of hydrogen-bond acceptors (Lipinski definition) is 3. The number of rotatable bonds is 5. The molecule has 0 radical (unpaired) electrons. The molecule has 21 heavy (non-hydrogen) atoms. The minimum absolute atomic E-state index is 0.0407. The van der Waals surface area contributed by atoms with E-state index in [9.17, 15) is 4.79 Å². The second-order valence-corrected chi connectivity index (χ2v) is 4.87. The van der Waals surface area contributed by atoms with Crippen LogP contribution < -0.4 is 15.8 Å². The Bertz CT molecular complexity index is 638. The lowest BCUT2D eigenvalue weighted by Gasteiger charge is -2.13. The van der Waals surface area contributed by atoms with Gasteiger partial charge in [-0.25, -0.2) is 0 Å². The van der Waals surface area contributed by atoms with Crippen molar-refractivity contribution >= 4 is 17.3 Å². The van der Waals surface area contributed by atoms with Crippen molar-refractivity contribution in [2.75, 3.05) is 17.7 Å². The van der Waals surface area contributed by atoms with Gasteiger partial charge < -0.3 is 15.8 Å². The average Bonchev–Trinajstić information content (AvgIpc) is 2.47. The summed E-state index contributed by atoms with van der Waals surface area (Å²) in [6, 6.07) is 13.0. The molecule has 2 aromatic rings. The van der Waals surface area contributed by atoms with E-state index in [0.717, 1.165) is 23.2 Å². The zero-order valence-corrected chi connectivity index (χ0v) is 12.3. The van der Waals surface area contributed by atoms with Gasteiger partial charge in [-0.1, -0.05) is 31.2 Å². The summed E-state index contributed by atoms with van der Waals surface area (Å²) in [5.74, 6) is 0.409. The molecule has 0 heterocycles. The predicted molar refractivity (Wildman–Crippen MR) is 85.5 cm³/mol. The van der Waals surface area contributed by atoms with Crippen molar-refractivity contribution in [3.05, 3.63) is 53.6 Å². The van der Waals surface area contributed by atoms with Gasteiger partial charge in [0.1, 0.15) is 5.75 Å². The van der Waals surface area contributed by atoms with Gasteiger partial charge in [0, 0.05) is 17.4 Å². The lowest BCUT2D eigenvalue weighted by atomic mass is 10.1. The Hall–Kier alpha value is -2.49. The van der Waals surface area contributed by atoms with Crippen LogP contribution in [0.25, 0.3) is 0 Å². The van der Waals surface area contributed by atoms with Gasteiger partial charge in [-0.15, -0.1) is 0 Å². The van der Waals surface area contributed by atoms with E-state index in [0.29, 0.717) is 11.4 Å². The Kier molecular flexibility index (Phi) is 4.82. The fourth-order valence-corrected chi connectivity index (χ4v) is 2.13. The van der Waals surface area contributed by atoms with E-state index in [1.807, 2.05) is 25.1 Å². The summed E-state index contributed by atoms with van der Waals surface area (Å²) in [6.45, 7) is 4.00. The number of hydrogen-bond donors (Lipinski definition) is 2. The van der Waals surface area contributed by atoms with E-state index in [2.05, 4.69) is 12.2 Å². The average molecular weight is 284 g/mol. The van der Waals surface area contributed by atoms with Crippen LogP contribution in [0.15, 0.2) is 42.5 Å². The zero-order chi connectivity index (χ0) is 15.2. The van der Waals surface area contributed by atoms with Crippen molar-refractivity contribution in [1.82, 2.24) is 0 Å². The van der Waals surface area contributed by atoms with Crippen molar-refractivity contribution in [2.45, 2.75) is 20.3 Å². The molecule has 0 saturated heterocycles. The fourth-order valence-electron chi connectivity index (χ4n) is 2.13. The third-order valence-corrected chi connectivity index (χ3v) is 3.23. The lowest BCUT2D eigenvalue weighted by molar-refractivity contribution is -0.118. The summed E-state index contributed by atoms with van der Waals surface area (Å²) < 4.78 is 5.44. The van der Waals surface area contributed by atoms with Crippen LogP contribution in [-0.2, 0) is 11.2 Å². The second kappa shape index (κ2) is 6.79. The number of aryl methyl sites for hydroxylation is 2. The molecule has 0 spiro atoms. The molecule has 0 aliphatic carbocycles. The third kappa shape index (κ3) is 3.99. The molecule has 0 aliphatic rings. The van der Waals surface area contributed by atoms with Crippen molar-refractivity contribution in [3.8, 4) is 5.75 Å². The summed E-state index contributed by atoms with van der Waals surface area (Å²) in [4.78, 5) is 12.0. The first-order valence-corrected chi connectivity index (χ1v) is 6.97. The Morgan fingerprint density at radius 2 is 2.00 bits per heavy atom. The van der Waals surface area contributed by atoms with Crippen molar-refractivity contribution in [2.24, 2.45) is 0 Å². The molecule has 0 unspecified atom stereocenters. The van der Waals surface area contributed by atoms with E-state index in [4.69, 9.17) is 10.5 Å². The van der Waals surface area contributed by atoms with Gasteiger partial charge in [0.15, 0.2) is 6.61 Å². The van der Waals surface area contributed by atoms with Gasteiger partial charge in [0.2, 0.25) is 0 Å². The van der Waals surface area contributed by atoms with E-state index >= 15 is 0 Å². The number of ether oxygens (including phenoxy) is 1. The van der Waals surface area contributed by atoms with Crippen LogP contribution in [0, 0.1) is 6.92 Å². The summed E-state index contributed by atoms with van der Waals surface area (Å²) in [5, 5.41) is 2.92. The van der Waals surface area contributed by atoms with E-state index < -0.39 is 0 Å². The highest BCUT2D eigenvalue weighted by molar-refractivity contribution is 5.93. The SMILES string of the molecule is CCc1cccc(C)c1NC(=O)COc1cccc(N)c1. The van der Waals surface area contributed by atoms with Crippen LogP contribution in [0.4, 0.5) is 11.4 Å². The fraction of sp³-hybridized carbons (Fsp3) is 0.235. The molecule has 0 atom stereocenters. The molecule has 0 bridgehead atoms. The van der Waals surface area contributed by atoms with Crippen LogP contribution in [0.5, 0.6) is 5.75 Å². The van der Waals surface area contributed by atoms with Crippen LogP contribution >= 0.6 is 0 Å². The quantitative estimate of drug-likeness (QED) is 0.829. The molecule has 3 N–H and O–H groups in total. The number of para-hydroxylation sites is 1. The molecule has 0 aromatic heterocycles. The Morgan fingerprint density at radius 3 is 2.71 bits per heavy atom. The first-order chi connectivity index (χ1) is 10.1. The summed E-state index contributed by atoms with van der Waals surface area (Å²) >= 11 is 0. The third-order valence-electron chi connectivity index (χ3n) is 3.23. The minimum Gasteiger partial charge on any atom is -0.484 e. The maximum Gasteiger partial charge on any atom is 0.262 e. The van der Waals surface area contributed by atoms with Gasteiger partial charge in [-0.3, -0.25) is 4.79 Å². The zero-order valence-electron chi connectivity index (χ0n) is 12.3. The predicted octanol–water partition coefficient (Wildman–Crippen LogP) is 3.16. The number of nitrogens with one attached hydrogen (secondary N) is 1. The maximum atomic E-state index is 12.0. The highest BCUT2D eigenvalue weighted by atomic mass is 16.5. The van der Waals surface area contributed by atoms with E-state index in [1.165, 1.54) is 0 Å². The lowest BCUT2D eigenvalue weighted by Crippen LogP contribution is -2.21. The number of benzene rings is 2.